The van der Waals surface area contributed by atoms with Gasteiger partial charge in [0, 0.05) is 27.7 Å². The third-order valence-corrected chi connectivity index (χ3v) is 3.28. The third-order valence-electron chi connectivity index (χ3n) is 2.18. The van der Waals surface area contributed by atoms with Crippen LogP contribution in [0.1, 0.15) is 0 Å². The second-order valence-corrected chi connectivity index (χ2v) is 4.78. The van der Waals surface area contributed by atoms with E-state index in [1.807, 2.05) is 12.1 Å². The zero-order chi connectivity index (χ0) is 13.0. The van der Waals surface area contributed by atoms with Crippen molar-refractivity contribution < 1.29 is 4.92 Å². The maximum Gasteiger partial charge on any atom is 0.269 e. The van der Waals surface area contributed by atoms with Crippen LogP contribution >= 0.6 is 23.5 Å². The van der Waals surface area contributed by atoms with Gasteiger partial charge in [-0.1, -0.05) is 11.6 Å². The SMILES string of the molecule is O=[N+]([O-])c1ccc(NSc2ccc(Cl)cc2)cc1. The molecule has 18 heavy (non-hydrogen) atoms. The first-order chi connectivity index (χ1) is 8.65. The van der Waals surface area contributed by atoms with Crippen molar-refractivity contribution in [2.75, 3.05) is 4.72 Å². The van der Waals surface area contributed by atoms with E-state index in [4.69, 9.17) is 11.6 Å². The van der Waals surface area contributed by atoms with Crippen LogP contribution in [0.15, 0.2) is 53.4 Å². The van der Waals surface area contributed by atoms with Crippen LogP contribution < -0.4 is 4.72 Å². The molecule has 6 heteroatoms. The van der Waals surface area contributed by atoms with E-state index in [1.165, 1.54) is 24.1 Å². The van der Waals surface area contributed by atoms with Crippen LogP contribution in [0, 0.1) is 10.1 Å². The van der Waals surface area contributed by atoms with Crippen molar-refractivity contribution in [2.24, 2.45) is 0 Å². The minimum atomic E-state index is -0.421. The van der Waals surface area contributed by atoms with Gasteiger partial charge in [0.05, 0.1) is 4.92 Å². The molecular formula is C12H9ClN2O2S. The maximum absolute atomic E-state index is 10.5. The number of benzene rings is 2. The quantitative estimate of drug-likeness (QED) is 0.513. The van der Waals surface area contributed by atoms with Crippen LogP contribution in [0.3, 0.4) is 0 Å². The molecule has 0 aliphatic heterocycles. The van der Waals surface area contributed by atoms with Crippen molar-refractivity contribution in [3.8, 4) is 0 Å². The van der Waals surface area contributed by atoms with Crippen molar-refractivity contribution in [3.05, 3.63) is 63.7 Å². The van der Waals surface area contributed by atoms with Crippen LogP contribution in [0.25, 0.3) is 0 Å². The first kappa shape index (κ1) is 12.7. The molecule has 0 amide bonds. The Labute approximate surface area is 113 Å². The first-order valence-electron chi connectivity index (χ1n) is 5.08. The van der Waals surface area contributed by atoms with E-state index >= 15 is 0 Å². The van der Waals surface area contributed by atoms with Crippen LogP contribution in [0.2, 0.25) is 5.02 Å². The van der Waals surface area contributed by atoms with Gasteiger partial charge in [0.2, 0.25) is 0 Å². The number of hydrogen-bond acceptors (Lipinski definition) is 4. The van der Waals surface area contributed by atoms with Gasteiger partial charge in [-0.2, -0.15) is 0 Å². The van der Waals surface area contributed by atoms with Gasteiger partial charge < -0.3 is 4.72 Å². The molecule has 0 unspecified atom stereocenters. The third kappa shape index (κ3) is 3.38. The standard InChI is InChI=1S/C12H9ClN2O2S/c13-9-1-7-12(8-2-9)18-14-10-3-5-11(6-4-10)15(16)17/h1-8,14H. The Morgan fingerprint density at radius 1 is 1.06 bits per heavy atom. The lowest BCUT2D eigenvalue weighted by atomic mass is 10.3. The van der Waals surface area contributed by atoms with Gasteiger partial charge in [-0.3, -0.25) is 10.1 Å². The van der Waals surface area contributed by atoms with Crippen molar-refractivity contribution in [1.29, 1.82) is 0 Å². The number of nitro benzene ring substituents is 1. The summed E-state index contributed by atoms with van der Waals surface area (Å²) in [4.78, 5) is 11.1. The van der Waals surface area contributed by atoms with Crippen molar-refractivity contribution >= 4 is 34.9 Å². The Hall–Kier alpha value is -1.72. The topological polar surface area (TPSA) is 55.2 Å². The van der Waals surface area contributed by atoms with Crippen LogP contribution in [0.4, 0.5) is 11.4 Å². The minimum absolute atomic E-state index is 0.0806. The summed E-state index contributed by atoms with van der Waals surface area (Å²) in [6.45, 7) is 0. The van der Waals surface area contributed by atoms with Crippen LogP contribution in [-0.2, 0) is 0 Å². The van der Waals surface area contributed by atoms with Gasteiger partial charge in [-0.25, -0.2) is 0 Å². The Bertz CT molecular complexity index is 543. The summed E-state index contributed by atoms with van der Waals surface area (Å²) in [6, 6.07) is 13.7. The zero-order valence-corrected chi connectivity index (χ0v) is 10.7. The van der Waals surface area contributed by atoms with Crippen molar-refractivity contribution in [1.82, 2.24) is 0 Å². The van der Waals surface area contributed by atoms with Crippen molar-refractivity contribution in [2.45, 2.75) is 4.90 Å². The van der Waals surface area contributed by atoms with Gasteiger partial charge in [0.25, 0.3) is 5.69 Å². The van der Waals surface area contributed by atoms with Crippen LogP contribution in [0.5, 0.6) is 0 Å². The van der Waals surface area contributed by atoms with Crippen molar-refractivity contribution in [3.63, 3.8) is 0 Å². The molecule has 0 heterocycles. The minimum Gasteiger partial charge on any atom is -0.326 e. The van der Waals surface area contributed by atoms with Gasteiger partial charge in [-0.15, -0.1) is 0 Å². The summed E-state index contributed by atoms with van der Waals surface area (Å²) in [5.74, 6) is 0. The lowest BCUT2D eigenvalue weighted by Crippen LogP contribution is -1.89. The molecule has 0 saturated heterocycles. The van der Waals surface area contributed by atoms with E-state index in [0.29, 0.717) is 5.02 Å². The summed E-state index contributed by atoms with van der Waals surface area (Å²) in [5, 5.41) is 11.2. The fraction of sp³-hybridized carbons (Fsp3) is 0. The smallest absolute Gasteiger partial charge is 0.269 e. The molecule has 1 N–H and O–H groups in total. The molecule has 0 radical (unpaired) electrons. The molecule has 0 saturated carbocycles. The lowest BCUT2D eigenvalue weighted by molar-refractivity contribution is -0.384. The largest absolute Gasteiger partial charge is 0.326 e. The molecule has 0 aliphatic carbocycles. The van der Waals surface area contributed by atoms with E-state index in [-0.39, 0.29) is 5.69 Å². The number of hydrogen-bond donors (Lipinski definition) is 1. The van der Waals surface area contributed by atoms with Crippen LogP contribution in [-0.4, -0.2) is 4.92 Å². The average Bonchev–Trinajstić information content (AvgIpc) is 2.38. The molecular weight excluding hydrogens is 272 g/mol. The average molecular weight is 281 g/mol. The molecule has 0 aliphatic rings. The van der Waals surface area contributed by atoms with E-state index < -0.39 is 4.92 Å². The normalized spacial score (nSPS) is 10.1. The molecule has 4 nitrogen and oxygen atoms in total. The second kappa shape index (κ2) is 5.75. The molecule has 0 spiro atoms. The molecule has 2 aromatic carbocycles. The number of rotatable bonds is 4. The Morgan fingerprint density at radius 3 is 2.22 bits per heavy atom. The fourth-order valence-electron chi connectivity index (χ4n) is 1.27. The fourth-order valence-corrected chi connectivity index (χ4v) is 2.04. The molecule has 0 aromatic heterocycles. The highest BCUT2D eigenvalue weighted by atomic mass is 35.5. The maximum atomic E-state index is 10.5. The van der Waals surface area contributed by atoms with E-state index in [9.17, 15) is 10.1 Å². The predicted molar refractivity (Wildman–Crippen MR) is 74.0 cm³/mol. The highest BCUT2D eigenvalue weighted by Gasteiger charge is 2.03. The Balaban J connectivity index is 1.97. The molecule has 2 aromatic rings. The number of anilines is 1. The monoisotopic (exact) mass is 280 g/mol. The Kier molecular flexibility index (Phi) is 4.07. The van der Waals surface area contributed by atoms with E-state index in [2.05, 4.69) is 4.72 Å². The molecule has 2 rings (SSSR count). The zero-order valence-electron chi connectivity index (χ0n) is 9.17. The summed E-state index contributed by atoms with van der Waals surface area (Å²) in [6.07, 6.45) is 0. The van der Waals surface area contributed by atoms with Gasteiger partial charge >= 0.3 is 0 Å². The highest BCUT2D eigenvalue weighted by molar-refractivity contribution is 8.00. The first-order valence-corrected chi connectivity index (χ1v) is 6.27. The molecule has 0 atom stereocenters. The number of halogens is 1. The molecule has 0 bridgehead atoms. The number of nitrogens with one attached hydrogen (secondary N) is 1. The van der Waals surface area contributed by atoms with Gasteiger partial charge in [-0.05, 0) is 48.3 Å². The number of nitrogens with zero attached hydrogens (tertiary/aromatic N) is 1. The van der Waals surface area contributed by atoms with E-state index in [0.717, 1.165) is 10.6 Å². The van der Waals surface area contributed by atoms with E-state index in [1.54, 1.807) is 24.3 Å². The lowest BCUT2D eigenvalue weighted by Gasteiger charge is -2.04. The molecule has 92 valence electrons. The van der Waals surface area contributed by atoms with Gasteiger partial charge in [0.15, 0.2) is 0 Å². The number of nitro groups is 1. The second-order valence-electron chi connectivity index (χ2n) is 3.46. The highest BCUT2D eigenvalue weighted by Crippen LogP contribution is 2.24. The predicted octanol–water partition coefficient (Wildman–Crippen LogP) is 4.37. The summed E-state index contributed by atoms with van der Waals surface area (Å²) >= 11 is 7.20. The summed E-state index contributed by atoms with van der Waals surface area (Å²) < 4.78 is 3.10. The summed E-state index contributed by atoms with van der Waals surface area (Å²) in [7, 11) is 0. The summed E-state index contributed by atoms with van der Waals surface area (Å²) in [5.41, 5.74) is 0.887. The Morgan fingerprint density at radius 2 is 1.67 bits per heavy atom. The van der Waals surface area contributed by atoms with Gasteiger partial charge in [0.1, 0.15) is 0 Å². The number of non-ortho nitro benzene ring substituents is 1. The molecule has 0 fully saturated rings.